The van der Waals surface area contributed by atoms with Crippen LogP contribution in [0.1, 0.15) is 38.3 Å². The summed E-state index contributed by atoms with van der Waals surface area (Å²) in [7, 11) is -4.15. The van der Waals surface area contributed by atoms with Gasteiger partial charge in [-0.1, -0.05) is 70.9 Å². The molecule has 3 aromatic rings. The van der Waals surface area contributed by atoms with Crippen LogP contribution in [0.25, 0.3) is 0 Å². The van der Waals surface area contributed by atoms with Gasteiger partial charge in [-0.25, -0.2) is 8.42 Å². The Hall–Kier alpha value is -2.88. The molecule has 7 nitrogen and oxygen atoms in total. The summed E-state index contributed by atoms with van der Waals surface area (Å²) in [6, 6.07) is 19.3. The smallest absolute Gasteiger partial charge is 0.264 e. The van der Waals surface area contributed by atoms with Crippen molar-refractivity contribution in [1.29, 1.82) is 0 Å². The second-order valence-electron chi connectivity index (χ2n) is 9.35. The van der Waals surface area contributed by atoms with Crippen LogP contribution in [0.4, 0.5) is 5.69 Å². The van der Waals surface area contributed by atoms with Crippen LogP contribution in [0.2, 0.25) is 5.02 Å². The molecule has 0 fully saturated rings. The van der Waals surface area contributed by atoms with Crippen molar-refractivity contribution in [3.63, 3.8) is 0 Å². The molecule has 0 heterocycles. The highest BCUT2D eigenvalue weighted by atomic mass is 79.9. The number of carbonyl (C=O) groups is 2. The zero-order valence-corrected chi connectivity index (χ0v) is 25.6. The van der Waals surface area contributed by atoms with E-state index in [1.54, 1.807) is 50.2 Å². The van der Waals surface area contributed by atoms with Crippen molar-refractivity contribution in [3.05, 3.63) is 93.4 Å². The van der Waals surface area contributed by atoms with E-state index < -0.39 is 28.5 Å². The summed E-state index contributed by atoms with van der Waals surface area (Å²) in [5.74, 6) is -0.843. The Labute approximate surface area is 244 Å². The van der Waals surface area contributed by atoms with Crippen LogP contribution in [0.15, 0.2) is 82.2 Å². The van der Waals surface area contributed by atoms with E-state index in [4.69, 9.17) is 11.6 Å². The lowest BCUT2D eigenvalue weighted by Crippen LogP contribution is -2.52. The Kier molecular flexibility index (Phi) is 10.6. The average Bonchev–Trinajstić information content (AvgIpc) is 2.92. The fourth-order valence-electron chi connectivity index (χ4n) is 3.98. The van der Waals surface area contributed by atoms with Crippen LogP contribution in [0, 0.1) is 6.92 Å². The molecule has 0 unspecified atom stereocenters. The lowest BCUT2D eigenvalue weighted by atomic mass is 10.1. The van der Waals surface area contributed by atoms with Crippen molar-refractivity contribution < 1.29 is 18.0 Å². The first-order valence-corrected chi connectivity index (χ1v) is 15.2. The summed E-state index contributed by atoms with van der Waals surface area (Å²) in [5, 5.41) is 3.30. The van der Waals surface area contributed by atoms with Gasteiger partial charge in [-0.3, -0.25) is 13.9 Å². The Morgan fingerprint density at radius 2 is 1.67 bits per heavy atom. The number of benzene rings is 3. The number of sulfonamides is 1. The first-order valence-electron chi connectivity index (χ1n) is 12.6. The third-order valence-electron chi connectivity index (χ3n) is 6.53. The van der Waals surface area contributed by atoms with Crippen molar-refractivity contribution in [1.82, 2.24) is 10.2 Å². The summed E-state index contributed by atoms with van der Waals surface area (Å²) >= 11 is 9.81. The second kappa shape index (κ2) is 13.5. The van der Waals surface area contributed by atoms with Gasteiger partial charge in [0.2, 0.25) is 11.8 Å². The molecule has 0 saturated heterocycles. The van der Waals surface area contributed by atoms with E-state index in [0.29, 0.717) is 16.3 Å². The normalized spacial score (nSPS) is 12.9. The lowest BCUT2D eigenvalue weighted by molar-refractivity contribution is -0.139. The van der Waals surface area contributed by atoms with Crippen molar-refractivity contribution in [3.8, 4) is 0 Å². The highest BCUT2D eigenvalue weighted by Gasteiger charge is 2.33. The van der Waals surface area contributed by atoms with Gasteiger partial charge in [0.25, 0.3) is 10.0 Å². The molecule has 0 aliphatic rings. The molecule has 208 valence electrons. The minimum atomic E-state index is -4.15. The number of carbonyl (C=O) groups excluding carboxylic acids is 2. The van der Waals surface area contributed by atoms with Gasteiger partial charge < -0.3 is 10.2 Å². The average molecular weight is 635 g/mol. The molecule has 0 radical (unpaired) electrons. The summed E-state index contributed by atoms with van der Waals surface area (Å²) < 4.78 is 29.6. The largest absolute Gasteiger partial charge is 0.352 e. The van der Waals surface area contributed by atoms with E-state index in [1.807, 2.05) is 38.1 Å². The van der Waals surface area contributed by atoms with E-state index >= 15 is 0 Å². The quantitative estimate of drug-likeness (QED) is 0.283. The number of nitrogens with one attached hydrogen (secondary N) is 1. The Morgan fingerprint density at radius 3 is 2.31 bits per heavy atom. The predicted molar refractivity (Wildman–Crippen MR) is 159 cm³/mol. The molecule has 2 atom stereocenters. The van der Waals surface area contributed by atoms with E-state index in [9.17, 15) is 18.0 Å². The zero-order valence-electron chi connectivity index (χ0n) is 22.4. The number of halogens is 2. The first-order chi connectivity index (χ1) is 18.4. The molecule has 39 heavy (non-hydrogen) atoms. The summed E-state index contributed by atoms with van der Waals surface area (Å²) in [6.07, 6.45) is 0.731. The Morgan fingerprint density at radius 1 is 1.00 bits per heavy atom. The molecular formula is C29H33BrClN3O4S. The van der Waals surface area contributed by atoms with Crippen molar-refractivity contribution >= 4 is 55.1 Å². The maximum Gasteiger partial charge on any atom is 0.264 e. The molecule has 0 aliphatic heterocycles. The van der Waals surface area contributed by atoms with Gasteiger partial charge in [-0.15, -0.1) is 0 Å². The maximum atomic E-state index is 14.0. The predicted octanol–water partition coefficient (Wildman–Crippen LogP) is 5.94. The Bertz CT molecular complexity index is 1420. The molecule has 3 rings (SSSR count). The fraction of sp³-hybridized carbons (Fsp3) is 0.310. The molecule has 3 aromatic carbocycles. The molecule has 0 aliphatic carbocycles. The van der Waals surface area contributed by atoms with Crippen molar-refractivity contribution in [2.24, 2.45) is 0 Å². The topological polar surface area (TPSA) is 86.8 Å². The van der Waals surface area contributed by atoms with Crippen molar-refractivity contribution in [2.75, 3.05) is 10.8 Å². The van der Waals surface area contributed by atoms with Crippen LogP contribution in [-0.2, 0) is 26.2 Å². The zero-order chi connectivity index (χ0) is 28.7. The van der Waals surface area contributed by atoms with Crippen LogP contribution in [-0.4, -0.2) is 43.8 Å². The third-order valence-corrected chi connectivity index (χ3v) is 9.20. The van der Waals surface area contributed by atoms with Gasteiger partial charge in [0, 0.05) is 22.1 Å². The highest BCUT2D eigenvalue weighted by molar-refractivity contribution is 9.10. The Balaban J connectivity index is 2.06. The van der Waals surface area contributed by atoms with Gasteiger partial charge in [-0.05, 0) is 74.7 Å². The number of amides is 2. The summed E-state index contributed by atoms with van der Waals surface area (Å²) in [4.78, 5) is 28.6. The summed E-state index contributed by atoms with van der Waals surface area (Å²) in [5.41, 5.74) is 1.60. The minimum Gasteiger partial charge on any atom is -0.352 e. The number of nitrogens with zero attached hydrogens (tertiary/aromatic N) is 2. The van der Waals surface area contributed by atoms with Gasteiger partial charge in [0.1, 0.15) is 12.6 Å². The van der Waals surface area contributed by atoms with Crippen LogP contribution >= 0.6 is 27.5 Å². The molecule has 0 saturated carbocycles. The van der Waals surface area contributed by atoms with Crippen LogP contribution < -0.4 is 9.62 Å². The fourth-order valence-corrected chi connectivity index (χ4v) is 6.09. The number of rotatable bonds is 11. The molecule has 2 amide bonds. The highest BCUT2D eigenvalue weighted by Crippen LogP contribution is 2.31. The van der Waals surface area contributed by atoms with Gasteiger partial charge in [-0.2, -0.15) is 0 Å². The lowest BCUT2D eigenvalue weighted by Gasteiger charge is -2.33. The molecule has 10 heteroatoms. The molecule has 0 aromatic heterocycles. The molecule has 0 spiro atoms. The third kappa shape index (κ3) is 7.62. The standard InChI is InChI=1S/C29H33BrClN3O4S/c1-5-20(2)32-29(36)22(4)33(18-23-11-9-12-24(30)17-23)28(35)19-34(27-16-10-15-26(31)21(27)3)39(37,38)25-13-7-6-8-14-25/h6-17,20,22H,5,18-19H2,1-4H3,(H,32,36)/t20-,22+/m0/s1. The molecule has 1 N–H and O–H groups in total. The van der Waals surface area contributed by atoms with Gasteiger partial charge in [0.15, 0.2) is 0 Å². The molecule has 0 bridgehead atoms. The van der Waals surface area contributed by atoms with Crippen molar-refractivity contribution in [2.45, 2.75) is 57.6 Å². The summed E-state index contributed by atoms with van der Waals surface area (Å²) in [6.45, 7) is 6.79. The van der Waals surface area contributed by atoms with Crippen LogP contribution in [0.5, 0.6) is 0 Å². The van der Waals surface area contributed by atoms with E-state index in [2.05, 4.69) is 21.2 Å². The van der Waals surface area contributed by atoms with Gasteiger partial charge >= 0.3 is 0 Å². The molecular weight excluding hydrogens is 602 g/mol. The number of hydrogen-bond donors (Lipinski definition) is 1. The van der Waals surface area contributed by atoms with E-state index in [-0.39, 0.29) is 23.4 Å². The minimum absolute atomic E-state index is 0.0401. The SMILES string of the molecule is CC[C@H](C)NC(=O)[C@@H](C)N(Cc1cccc(Br)c1)C(=O)CN(c1cccc(Cl)c1C)S(=O)(=O)c1ccccc1. The number of hydrogen-bond acceptors (Lipinski definition) is 4. The first kappa shape index (κ1) is 30.7. The monoisotopic (exact) mass is 633 g/mol. The van der Waals surface area contributed by atoms with Gasteiger partial charge in [0.05, 0.1) is 10.6 Å². The maximum absolute atomic E-state index is 14.0. The second-order valence-corrected chi connectivity index (χ2v) is 12.5. The van der Waals surface area contributed by atoms with E-state index in [1.165, 1.54) is 17.0 Å². The van der Waals surface area contributed by atoms with E-state index in [0.717, 1.165) is 20.8 Å². The van der Waals surface area contributed by atoms with Crippen LogP contribution in [0.3, 0.4) is 0 Å². The number of anilines is 1.